The van der Waals surface area contributed by atoms with Gasteiger partial charge in [0, 0.05) is 34.4 Å². The minimum Gasteiger partial charge on any atom is -0.412 e. The Hall–Kier alpha value is -1.18. The minimum atomic E-state index is 0. The van der Waals surface area contributed by atoms with E-state index in [-0.39, 0.29) is 30.3 Å². The number of nitrogens with zero attached hydrogens (tertiary/aromatic N) is 4. The normalized spacial score (nSPS) is 10.1. The van der Waals surface area contributed by atoms with Crippen molar-refractivity contribution in [1.82, 2.24) is 19.7 Å². The Morgan fingerprint density at radius 2 is 1.84 bits per heavy atom. The third-order valence-electron chi connectivity index (χ3n) is 3.66. The zero-order valence-electron chi connectivity index (χ0n) is 14.1. The van der Waals surface area contributed by atoms with Gasteiger partial charge in [0.15, 0.2) is 0 Å². The number of pyridine rings is 1. The molecule has 0 aliphatic heterocycles. The molecule has 2 N–H and O–H groups in total. The largest absolute Gasteiger partial charge is 0.412 e. The van der Waals surface area contributed by atoms with E-state index >= 15 is 0 Å². The second-order valence-electron chi connectivity index (χ2n) is 5.60. The molecule has 0 amide bonds. The minimum absolute atomic E-state index is 0. The second-order valence-corrected chi connectivity index (χ2v) is 6.46. The van der Waals surface area contributed by atoms with Crippen molar-refractivity contribution in [2.75, 3.05) is 20.6 Å². The highest BCUT2D eigenvalue weighted by Crippen LogP contribution is 2.32. The molecule has 0 saturated carbocycles. The van der Waals surface area contributed by atoms with Crippen molar-refractivity contribution in [1.29, 1.82) is 0 Å². The van der Waals surface area contributed by atoms with Crippen molar-refractivity contribution in [2.24, 2.45) is 0 Å². The summed E-state index contributed by atoms with van der Waals surface area (Å²) in [5.74, 6) is 0. The highest BCUT2D eigenvalue weighted by molar-refractivity contribution is 9.10. The molecule has 0 radical (unpaired) electrons. The molecule has 8 heteroatoms. The van der Waals surface area contributed by atoms with Gasteiger partial charge in [0.2, 0.25) is 0 Å². The summed E-state index contributed by atoms with van der Waals surface area (Å²) in [6, 6.07) is 10.2. The zero-order chi connectivity index (χ0) is 15.5. The van der Waals surface area contributed by atoms with Crippen LogP contribution >= 0.6 is 40.7 Å². The van der Waals surface area contributed by atoms with Crippen molar-refractivity contribution in [3.05, 3.63) is 47.2 Å². The lowest BCUT2D eigenvalue weighted by atomic mass is 10.1. The molecule has 0 spiro atoms. The Kier molecular flexibility index (Phi) is 10.2. The summed E-state index contributed by atoms with van der Waals surface area (Å²) in [6.45, 7) is 1.96. The molecule has 0 atom stereocenters. The molecule has 1 aromatic carbocycles. The fraction of sp³-hybridized carbons (Fsp3) is 0.294. The van der Waals surface area contributed by atoms with Crippen LogP contribution in [0.4, 0.5) is 0 Å². The van der Waals surface area contributed by atoms with Crippen molar-refractivity contribution >= 4 is 51.6 Å². The van der Waals surface area contributed by atoms with E-state index < -0.39 is 0 Å². The van der Waals surface area contributed by atoms with Crippen LogP contribution in [0.5, 0.6) is 0 Å². The zero-order valence-corrected chi connectivity index (χ0v) is 17.4. The van der Waals surface area contributed by atoms with Crippen LogP contribution in [0.1, 0.15) is 6.42 Å². The molecule has 5 nitrogen and oxygen atoms in total. The van der Waals surface area contributed by atoms with Crippen molar-refractivity contribution in [3.63, 3.8) is 0 Å². The summed E-state index contributed by atoms with van der Waals surface area (Å²) < 4.78 is 3.15. The number of aromatic nitrogens is 3. The first kappa shape index (κ1) is 23.8. The molecule has 138 valence electrons. The van der Waals surface area contributed by atoms with E-state index in [1.165, 1.54) is 0 Å². The van der Waals surface area contributed by atoms with Crippen LogP contribution < -0.4 is 0 Å². The van der Waals surface area contributed by atoms with Crippen molar-refractivity contribution in [2.45, 2.75) is 13.0 Å². The SMILES string of the molecule is CN(C)CCCn1nc(-c2ccccc2Br)c2cnccc21.Cl.Cl.O. The predicted octanol–water partition coefficient (Wildman–Crippen LogP) is 3.83. The van der Waals surface area contributed by atoms with Gasteiger partial charge < -0.3 is 10.4 Å². The predicted molar refractivity (Wildman–Crippen MR) is 112 cm³/mol. The Labute approximate surface area is 168 Å². The molecule has 0 aliphatic rings. The summed E-state index contributed by atoms with van der Waals surface area (Å²) in [6.07, 6.45) is 4.80. The van der Waals surface area contributed by atoms with Gasteiger partial charge in [-0.25, -0.2) is 0 Å². The highest BCUT2D eigenvalue weighted by Gasteiger charge is 2.14. The summed E-state index contributed by atoms with van der Waals surface area (Å²) in [4.78, 5) is 6.47. The lowest BCUT2D eigenvalue weighted by Crippen LogP contribution is -2.15. The monoisotopic (exact) mass is 448 g/mol. The molecular weight excluding hydrogens is 427 g/mol. The average Bonchev–Trinajstić information content (AvgIpc) is 2.87. The van der Waals surface area contributed by atoms with E-state index in [0.717, 1.165) is 46.1 Å². The lowest BCUT2D eigenvalue weighted by Gasteiger charge is -2.09. The number of benzene rings is 1. The quantitative estimate of drug-likeness (QED) is 0.594. The molecule has 0 aliphatic carbocycles. The summed E-state index contributed by atoms with van der Waals surface area (Å²) in [5.41, 5.74) is 3.23. The van der Waals surface area contributed by atoms with E-state index in [4.69, 9.17) is 5.10 Å². The van der Waals surface area contributed by atoms with Gasteiger partial charge in [-0.2, -0.15) is 5.10 Å². The van der Waals surface area contributed by atoms with Crippen LogP contribution in [0.3, 0.4) is 0 Å². The maximum atomic E-state index is 4.85. The van der Waals surface area contributed by atoms with Gasteiger partial charge in [0.1, 0.15) is 5.69 Å². The molecular formula is C17H23BrCl2N4O. The van der Waals surface area contributed by atoms with E-state index in [2.05, 4.69) is 50.7 Å². The lowest BCUT2D eigenvalue weighted by molar-refractivity contribution is 0.383. The van der Waals surface area contributed by atoms with Crippen LogP contribution in [0.25, 0.3) is 22.2 Å². The maximum absolute atomic E-state index is 4.85. The van der Waals surface area contributed by atoms with Gasteiger partial charge in [-0.15, -0.1) is 24.8 Å². The molecule has 2 heterocycles. The molecule has 25 heavy (non-hydrogen) atoms. The fourth-order valence-electron chi connectivity index (χ4n) is 2.58. The Morgan fingerprint density at radius 1 is 1.12 bits per heavy atom. The van der Waals surface area contributed by atoms with Gasteiger partial charge >= 0.3 is 0 Å². The van der Waals surface area contributed by atoms with Gasteiger partial charge in [0.25, 0.3) is 0 Å². The van der Waals surface area contributed by atoms with Gasteiger partial charge in [-0.3, -0.25) is 9.67 Å². The molecule has 3 rings (SSSR count). The van der Waals surface area contributed by atoms with Crippen LogP contribution in [-0.4, -0.2) is 45.8 Å². The number of rotatable bonds is 5. The molecule has 0 bridgehead atoms. The van der Waals surface area contributed by atoms with Gasteiger partial charge in [-0.1, -0.05) is 34.1 Å². The first-order valence-electron chi connectivity index (χ1n) is 7.37. The van der Waals surface area contributed by atoms with Crippen LogP contribution in [0.2, 0.25) is 0 Å². The molecule has 3 aromatic rings. The topological polar surface area (TPSA) is 65.5 Å². The van der Waals surface area contributed by atoms with Crippen LogP contribution in [-0.2, 0) is 6.54 Å². The third kappa shape index (κ3) is 5.39. The number of halogens is 3. The van der Waals surface area contributed by atoms with Crippen LogP contribution in [0, 0.1) is 0 Å². The number of aryl methyl sites for hydroxylation is 1. The Morgan fingerprint density at radius 3 is 2.52 bits per heavy atom. The van der Waals surface area contributed by atoms with Gasteiger partial charge in [0.05, 0.1) is 5.52 Å². The fourth-order valence-corrected chi connectivity index (χ4v) is 3.06. The summed E-state index contributed by atoms with van der Waals surface area (Å²) >= 11 is 3.62. The van der Waals surface area contributed by atoms with E-state index in [1.807, 2.05) is 36.7 Å². The maximum Gasteiger partial charge on any atom is 0.103 e. The van der Waals surface area contributed by atoms with Crippen molar-refractivity contribution in [3.8, 4) is 11.3 Å². The third-order valence-corrected chi connectivity index (χ3v) is 4.35. The van der Waals surface area contributed by atoms with E-state index in [0.29, 0.717) is 0 Å². The Bertz CT molecular complexity index is 795. The van der Waals surface area contributed by atoms with Gasteiger partial charge in [-0.05, 0) is 39.2 Å². The number of hydrogen-bond acceptors (Lipinski definition) is 3. The highest BCUT2D eigenvalue weighted by atomic mass is 79.9. The summed E-state index contributed by atoms with van der Waals surface area (Å²) in [5, 5.41) is 5.94. The van der Waals surface area contributed by atoms with Crippen molar-refractivity contribution < 1.29 is 5.48 Å². The summed E-state index contributed by atoms with van der Waals surface area (Å²) in [7, 11) is 4.19. The van der Waals surface area contributed by atoms with Crippen LogP contribution in [0.15, 0.2) is 47.2 Å². The first-order chi connectivity index (χ1) is 10.7. The Balaban J connectivity index is 0.00000192. The smallest absolute Gasteiger partial charge is 0.103 e. The first-order valence-corrected chi connectivity index (χ1v) is 8.16. The molecule has 0 unspecified atom stereocenters. The number of hydrogen-bond donors (Lipinski definition) is 0. The molecule has 2 aromatic heterocycles. The number of fused-ring (bicyclic) bond motifs is 1. The standard InChI is InChI=1S/C17H19BrN4.2ClH.H2O/c1-21(2)10-5-11-22-16-8-9-19-12-14(16)17(20-22)13-6-3-4-7-15(13)18;;;/h3-4,6-9,12H,5,10-11H2,1-2H3;2*1H;1H2. The van der Waals surface area contributed by atoms with E-state index in [1.54, 1.807) is 0 Å². The second kappa shape index (κ2) is 10.7. The molecule has 0 fully saturated rings. The average molecular weight is 450 g/mol. The molecule has 0 saturated heterocycles. The van der Waals surface area contributed by atoms with E-state index in [9.17, 15) is 0 Å².